The maximum Gasteiger partial charge on any atom is 0.248 e. The van der Waals surface area contributed by atoms with Crippen molar-refractivity contribution >= 4 is 17.3 Å². The van der Waals surface area contributed by atoms with Gasteiger partial charge >= 0.3 is 0 Å². The molecule has 0 unspecified atom stereocenters. The second-order valence-corrected chi connectivity index (χ2v) is 7.96. The quantitative estimate of drug-likeness (QED) is 0.597. The zero-order chi connectivity index (χ0) is 23.4. The van der Waals surface area contributed by atoms with Gasteiger partial charge in [-0.2, -0.15) is 0 Å². The molecular formula is C27H29N3O3. The molecule has 1 heterocycles. The predicted octanol–water partition coefficient (Wildman–Crippen LogP) is 4.08. The SMILES string of the molecule is COc1cc2c(c(OC)c1-c1ccccc1)C(c1cccc(CCCN)c1)=NCC(=O)N2C. The number of likely N-dealkylation sites (N-methyl/N-ethyl adjacent to an activating group) is 1. The number of aliphatic imine (C=N–C) groups is 1. The number of benzodiazepines with no additional fused rings is 1. The summed E-state index contributed by atoms with van der Waals surface area (Å²) in [6.07, 6.45) is 1.80. The largest absolute Gasteiger partial charge is 0.496 e. The van der Waals surface area contributed by atoms with Crippen LogP contribution in [0.5, 0.6) is 11.5 Å². The number of methoxy groups -OCH3 is 2. The van der Waals surface area contributed by atoms with E-state index in [1.54, 1.807) is 26.2 Å². The first-order valence-electron chi connectivity index (χ1n) is 11.0. The van der Waals surface area contributed by atoms with Gasteiger partial charge in [0.2, 0.25) is 5.91 Å². The highest BCUT2D eigenvalue weighted by atomic mass is 16.5. The summed E-state index contributed by atoms with van der Waals surface area (Å²) in [6.45, 7) is 0.695. The summed E-state index contributed by atoms with van der Waals surface area (Å²) < 4.78 is 11.8. The van der Waals surface area contributed by atoms with Gasteiger partial charge in [-0.15, -0.1) is 0 Å². The van der Waals surface area contributed by atoms with Crippen LogP contribution in [0.15, 0.2) is 65.7 Å². The number of benzene rings is 3. The Labute approximate surface area is 194 Å². The van der Waals surface area contributed by atoms with Gasteiger partial charge in [0, 0.05) is 18.7 Å². The van der Waals surface area contributed by atoms with Gasteiger partial charge in [0.1, 0.15) is 18.0 Å². The Kier molecular flexibility index (Phi) is 6.75. The minimum absolute atomic E-state index is 0.0552. The van der Waals surface area contributed by atoms with Crippen LogP contribution in [0.2, 0.25) is 0 Å². The van der Waals surface area contributed by atoms with Crippen molar-refractivity contribution in [1.29, 1.82) is 0 Å². The summed E-state index contributed by atoms with van der Waals surface area (Å²) in [7, 11) is 5.03. The lowest BCUT2D eigenvalue weighted by molar-refractivity contribution is -0.116. The van der Waals surface area contributed by atoms with Crippen molar-refractivity contribution in [2.24, 2.45) is 10.7 Å². The molecule has 0 saturated carbocycles. The second-order valence-electron chi connectivity index (χ2n) is 7.96. The van der Waals surface area contributed by atoms with E-state index in [4.69, 9.17) is 20.2 Å². The van der Waals surface area contributed by atoms with E-state index < -0.39 is 0 Å². The third kappa shape index (κ3) is 4.34. The van der Waals surface area contributed by atoms with E-state index in [1.807, 2.05) is 48.5 Å². The Hall–Kier alpha value is -3.64. The fourth-order valence-electron chi connectivity index (χ4n) is 4.24. The number of fused-ring (bicyclic) bond motifs is 1. The molecule has 0 aliphatic carbocycles. The number of aryl methyl sites for hydroxylation is 1. The molecule has 33 heavy (non-hydrogen) atoms. The molecule has 0 bridgehead atoms. The molecular weight excluding hydrogens is 414 g/mol. The first-order valence-corrected chi connectivity index (χ1v) is 11.0. The number of nitrogens with zero attached hydrogens (tertiary/aromatic N) is 2. The summed E-state index contributed by atoms with van der Waals surface area (Å²) in [5, 5.41) is 0. The minimum Gasteiger partial charge on any atom is -0.496 e. The molecule has 6 nitrogen and oxygen atoms in total. The van der Waals surface area contributed by atoms with Crippen LogP contribution >= 0.6 is 0 Å². The van der Waals surface area contributed by atoms with Crippen LogP contribution in [0, 0.1) is 0 Å². The molecule has 0 radical (unpaired) electrons. The van der Waals surface area contributed by atoms with E-state index in [0.717, 1.165) is 40.8 Å². The summed E-state index contributed by atoms with van der Waals surface area (Å²) in [5.74, 6) is 1.17. The lowest BCUT2D eigenvalue weighted by atomic mass is 9.92. The van der Waals surface area contributed by atoms with Gasteiger partial charge in [-0.1, -0.05) is 48.5 Å². The Bertz CT molecular complexity index is 1190. The van der Waals surface area contributed by atoms with Crippen molar-refractivity contribution in [3.63, 3.8) is 0 Å². The highest BCUT2D eigenvalue weighted by Crippen LogP contribution is 2.47. The Morgan fingerprint density at radius 2 is 1.73 bits per heavy atom. The van der Waals surface area contributed by atoms with Crippen molar-refractivity contribution in [2.45, 2.75) is 12.8 Å². The molecule has 0 aromatic heterocycles. The molecule has 170 valence electrons. The van der Waals surface area contributed by atoms with Crippen LogP contribution in [-0.4, -0.2) is 46.0 Å². The fourth-order valence-corrected chi connectivity index (χ4v) is 4.24. The second kappa shape index (κ2) is 9.88. The molecule has 0 fully saturated rings. The number of hydrogen-bond donors (Lipinski definition) is 1. The average molecular weight is 444 g/mol. The van der Waals surface area contributed by atoms with Crippen molar-refractivity contribution < 1.29 is 14.3 Å². The summed E-state index contributed by atoms with van der Waals surface area (Å²) >= 11 is 0. The van der Waals surface area contributed by atoms with Gasteiger partial charge in [-0.3, -0.25) is 9.79 Å². The molecule has 1 aliphatic heterocycles. The maximum absolute atomic E-state index is 12.8. The smallest absolute Gasteiger partial charge is 0.248 e. The predicted molar refractivity (Wildman–Crippen MR) is 133 cm³/mol. The number of hydrogen-bond acceptors (Lipinski definition) is 5. The lowest BCUT2D eigenvalue weighted by Crippen LogP contribution is -2.28. The highest BCUT2D eigenvalue weighted by molar-refractivity contribution is 6.22. The normalized spacial score (nSPS) is 13.3. The lowest BCUT2D eigenvalue weighted by Gasteiger charge is -2.24. The minimum atomic E-state index is -0.0953. The zero-order valence-electron chi connectivity index (χ0n) is 19.3. The highest BCUT2D eigenvalue weighted by Gasteiger charge is 2.30. The van der Waals surface area contributed by atoms with E-state index in [0.29, 0.717) is 23.7 Å². The van der Waals surface area contributed by atoms with Gasteiger partial charge in [-0.05, 0) is 36.6 Å². The van der Waals surface area contributed by atoms with Crippen LogP contribution in [0.3, 0.4) is 0 Å². The fraction of sp³-hybridized carbons (Fsp3) is 0.259. The van der Waals surface area contributed by atoms with Crippen LogP contribution in [0.25, 0.3) is 11.1 Å². The van der Waals surface area contributed by atoms with Crippen LogP contribution in [-0.2, 0) is 11.2 Å². The van der Waals surface area contributed by atoms with E-state index in [9.17, 15) is 4.79 Å². The molecule has 4 rings (SSSR count). The van der Waals surface area contributed by atoms with Crippen molar-refractivity contribution in [1.82, 2.24) is 0 Å². The molecule has 6 heteroatoms. The van der Waals surface area contributed by atoms with Crippen molar-refractivity contribution in [3.05, 3.63) is 77.4 Å². The summed E-state index contributed by atoms with van der Waals surface area (Å²) in [5.41, 5.74) is 11.8. The van der Waals surface area contributed by atoms with Gasteiger partial charge in [0.05, 0.1) is 36.7 Å². The zero-order valence-corrected chi connectivity index (χ0v) is 19.3. The van der Waals surface area contributed by atoms with Crippen molar-refractivity contribution in [3.8, 4) is 22.6 Å². The summed E-state index contributed by atoms with van der Waals surface area (Å²) in [4.78, 5) is 19.2. The molecule has 0 spiro atoms. The number of carbonyl (C=O) groups is 1. The number of ether oxygens (including phenoxy) is 2. The monoisotopic (exact) mass is 443 g/mol. The van der Waals surface area contributed by atoms with Gasteiger partial charge in [-0.25, -0.2) is 0 Å². The Morgan fingerprint density at radius 3 is 2.42 bits per heavy atom. The standard InChI is InChI=1S/C27H29N3O3/c1-30-21-16-22(32-2)24(19-11-5-4-6-12-19)27(33-3)25(21)26(29-17-23(30)31)20-13-7-9-18(15-20)10-8-14-28/h4-7,9,11-13,15-16H,8,10,14,17,28H2,1-3H3. The number of anilines is 1. The molecule has 1 amide bonds. The number of nitrogens with two attached hydrogens (primary N) is 1. The first kappa shape index (κ1) is 22.6. The van der Waals surface area contributed by atoms with Gasteiger partial charge < -0.3 is 20.1 Å². The molecule has 2 N–H and O–H groups in total. The van der Waals surface area contributed by atoms with Crippen LogP contribution in [0.1, 0.15) is 23.1 Å². The molecule has 1 aliphatic rings. The van der Waals surface area contributed by atoms with Gasteiger partial charge in [0.15, 0.2) is 0 Å². The number of rotatable bonds is 7. The Morgan fingerprint density at radius 1 is 0.970 bits per heavy atom. The average Bonchev–Trinajstić information content (AvgIpc) is 2.98. The maximum atomic E-state index is 12.8. The molecule has 0 atom stereocenters. The van der Waals surface area contributed by atoms with E-state index >= 15 is 0 Å². The van der Waals surface area contributed by atoms with Crippen LogP contribution in [0.4, 0.5) is 5.69 Å². The van der Waals surface area contributed by atoms with E-state index in [-0.39, 0.29) is 12.5 Å². The third-order valence-electron chi connectivity index (χ3n) is 5.93. The Balaban J connectivity index is 2.00. The first-order chi connectivity index (χ1) is 16.1. The molecule has 0 saturated heterocycles. The van der Waals surface area contributed by atoms with Crippen LogP contribution < -0.4 is 20.1 Å². The number of carbonyl (C=O) groups excluding carboxylic acids is 1. The number of amides is 1. The van der Waals surface area contributed by atoms with Gasteiger partial charge in [0.25, 0.3) is 0 Å². The van der Waals surface area contributed by atoms with E-state index in [1.165, 1.54) is 5.56 Å². The van der Waals surface area contributed by atoms with Crippen molar-refractivity contribution in [2.75, 3.05) is 39.3 Å². The third-order valence-corrected chi connectivity index (χ3v) is 5.93. The molecule has 3 aromatic rings. The molecule has 3 aromatic carbocycles. The summed E-state index contributed by atoms with van der Waals surface area (Å²) in [6, 6.07) is 20.1. The topological polar surface area (TPSA) is 77.1 Å². The van der Waals surface area contributed by atoms with E-state index in [2.05, 4.69) is 12.1 Å².